The maximum absolute atomic E-state index is 12.0. The van der Waals surface area contributed by atoms with E-state index in [1.807, 2.05) is 20.8 Å². The minimum Gasteiger partial charge on any atom is -0.444 e. The highest BCUT2D eigenvalue weighted by molar-refractivity contribution is 5.92. The first kappa shape index (κ1) is 16.3. The maximum atomic E-state index is 12.0. The highest BCUT2D eigenvalue weighted by Crippen LogP contribution is 2.15. The Bertz CT molecular complexity index is 539. The standard InChI is InChI=1S/C15H24N4O3/c1-15(2,3)22-14(21)19-9-5-11(6-10-19)16-13(20)12-7-8-18(4)17-12/h7-8,11H,5-6,9-10H2,1-4H3,(H,16,20). The van der Waals surface area contributed by atoms with Gasteiger partial charge in [-0.05, 0) is 39.7 Å². The van der Waals surface area contributed by atoms with Crippen molar-refractivity contribution in [1.82, 2.24) is 20.0 Å². The fourth-order valence-electron chi connectivity index (χ4n) is 2.33. The van der Waals surface area contributed by atoms with E-state index in [0.717, 1.165) is 12.8 Å². The van der Waals surface area contributed by atoms with Gasteiger partial charge in [0, 0.05) is 32.4 Å². The molecule has 1 aliphatic rings. The molecule has 0 saturated carbocycles. The molecule has 0 radical (unpaired) electrons. The van der Waals surface area contributed by atoms with Gasteiger partial charge in [-0.25, -0.2) is 4.79 Å². The lowest BCUT2D eigenvalue weighted by Gasteiger charge is -2.33. The summed E-state index contributed by atoms with van der Waals surface area (Å²) in [5.74, 6) is -0.170. The number of hydrogen-bond acceptors (Lipinski definition) is 4. The van der Waals surface area contributed by atoms with Gasteiger partial charge in [0.2, 0.25) is 0 Å². The Morgan fingerprint density at radius 3 is 2.45 bits per heavy atom. The molecule has 0 aliphatic carbocycles. The van der Waals surface area contributed by atoms with Crippen molar-refractivity contribution < 1.29 is 14.3 Å². The van der Waals surface area contributed by atoms with Crippen molar-refractivity contribution in [3.63, 3.8) is 0 Å². The zero-order valence-corrected chi connectivity index (χ0v) is 13.6. The van der Waals surface area contributed by atoms with Crippen LogP contribution in [0.3, 0.4) is 0 Å². The average Bonchev–Trinajstić information content (AvgIpc) is 2.84. The van der Waals surface area contributed by atoms with E-state index in [1.165, 1.54) is 0 Å². The third-order valence-electron chi connectivity index (χ3n) is 3.43. The van der Waals surface area contributed by atoms with Crippen molar-refractivity contribution in [2.24, 2.45) is 7.05 Å². The van der Waals surface area contributed by atoms with Crippen LogP contribution in [-0.2, 0) is 11.8 Å². The lowest BCUT2D eigenvalue weighted by atomic mass is 10.1. The summed E-state index contributed by atoms with van der Waals surface area (Å²) < 4.78 is 6.95. The number of hydrogen-bond donors (Lipinski definition) is 1. The number of rotatable bonds is 2. The first-order chi connectivity index (χ1) is 10.2. The van der Waals surface area contributed by atoms with E-state index in [0.29, 0.717) is 18.8 Å². The predicted octanol–water partition coefficient (Wildman–Crippen LogP) is 1.55. The second kappa shape index (κ2) is 6.37. The van der Waals surface area contributed by atoms with Crippen LogP contribution in [0.1, 0.15) is 44.1 Å². The molecule has 7 nitrogen and oxygen atoms in total. The number of ether oxygens (including phenoxy) is 1. The van der Waals surface area contributed by atoms with Gasteiger partial charge in [0.25, 0.3) is 5.91 Å². The Labute approximate surface area is 130 Å². The van der Waals surface area contributed by atoms with Gasteiger partial charge in [-0.15, -0.1) is 0 Å². The lowest BCUT2D eigenvalue weighted by molar-refractivity contribution is 0.0199. The highest BCUT2D eigenvalue weighted by atomic mass is 16.6. The third-order valence-corrected chi connectivity index (χ3v) is 3.43. The number of piperidine rings is 1. The Balaban J connectivity index is 1.80. The predicted molar refractivity (Wildman–Crippen MR) is 81.5 cm³/mol. The fraction of sp³-hybridized carbons (Fsp3) is 0.667. The number of carbonyl (C=O) groups excluding carboxylic acids is 2. The minimum atomic E-state index is -0.485. The first-order valence-electron chi connectivity index (χ1n) is 7.53. The number of nitrogens with one attached hydrogen (secondary N) is 1. The monoisotopic (exact) mass is 308 g/mol. The number of amides is 2. The summed E-state index contributed by atoms with van der Waals surface area (Å²) in [6.45, 7) is 6.73. The third kappa shape index (κ3) is 4.47. The van der Waals surface area contributed by atoms with E-state index in [4.69, 9.17) is 4.74 Å². The first-order valence-corrected chi connectivity index (χ1v) is 7.53. The normalized spacial score (nSPS) is 16.5. The van der Waals surface area contributed by atoms with Crippen molar-refractivity contribution in [2.75, 3.05) is 13.1 Å². The number of aromatic nitrogens is 2. The molecule has 1 saturated heterocycles. The molecule has 0 spiro atoms. The van der Waals surface area contributed by atoms with Crippen molar-refractivity contribution in [3.8, 4) is 0 Å². The molecule has 7 heteroatoms. The number of likely N-dealkylation sites (tertiary alicyclic amines) is 1. The Hall–Kier alpha value is -2.05. The second-order valence-electron chi connectivity index (χ2n) is 6.59. The van der Waals surface area contributed by atoms with E-state index in [9.17, 15) is 9.59 Å². The smallest absolute Gasteiger partial charge is 0.410 e. The SMILES string of the molecule is Cn1ccc(C(=O)NC2CCN(C(=O)OC(C)(C)C)CC2)n1. The van der Waals surface area contributed by atoms with Crippen molar-refractivity contribution in [2.45, 2.75) is 45.3 Å². The van der Waals surface area contributed by atoms with Gasteiger partial charge in [-0.1, -0.05) is 0 Å². The number of carbonyl (C=O) groups is 2. The molecule has 2 amide bonds. The van der Waals surface area contributed by atoms with Crippen molar-refractivity contribution >= 4 is 12.0 Å². The van der Waals surface area contributed by atoms with Gasteiger partial charge in [-0.2, -0.15) is 5.10 Å². The van der Waals surface area contributed by atoms with Crippen LogP contribution in [0.4, 0.5) is 4.79 Å². The van der Waals surface area contributed by atoms with Crippen LogP contribution in [-0.4, -0.2) is 51.4 Å². The molecule has 1 aliphatic heterocycles. The molecule has 2 heterocycles. The lowest BCUT2D eigenvalue weighted by Crippen LogP contribution is -2.47. The van der Waals surface area contributed by atoms with Gasteiger partial charge >= 0.3 is 6.09 Å². The summed E-state index contributed by atoms with van der Waals surface area (Å²) in [6.07, 6.45) is 2.89. The van der Waals surface area contributed by atoms with E-state index >= 15 is 0 Å². The van der Waals surface area contributed by atoms with Gasteiger partial charge in [0.15, 0.2) is 0 Å². The maximum Gasteiger partial charge on any atom is 0.410 e. The molecule has 1 fully saturated rings. The summed E-state index contributed by atoms with van der Waals surface area (Å²) in [5.41, 5.74) is -0.0710. The largest absolute Gasteiger partial charge is 0.444 e. The zero-order valence-electron chi connectivity index (χ0n) is 13.6. The van der Waals surface area contributed by atoms with Crippen LogP contribution in [0.5, 0.6) is 0 Å². The van der Waals surface area contributed by atoms with Gasteiger partial charge in [0.05, 0.1) is 0 Å². The number of nitrogens with zero attached hydrogens (tertiary/aromatic N) is 3. The number of aryl methyl sites for hydroxylation is 1. The van der Waals surface area contributed by atoms with Crippen LogP contribution in [0.25, 0.3) is 0 Å². The molecule has 0 aromatic carbocycles. The molecule has 2 rings (SSSR count). The topological polar surface area (TPSA) is 76.5 Å². The van der Waals surface area contributed by atoms with Gasteiger partial charge in [-0.3, -0.25) is 9.48 Å². The van der Waals surface area contributed by atoms with Gasteiger partial charge < -0.3 is 15.0 Å². The van der Waals surface area contributed by atoms with Crippen LogP contribution < -0.4 is 5.32 Å². The Morgan fingerprint density at radius 2 is 1.95 bits per heavy atom. The van der Waals surface area contributed by atoms with Crippen LogP contribution in [0.15, 0.2) is 12.3 Å². The van der Waals surface area contributed by atoms with Crippen molar-refractivity contribution in [3.05, 3.63) is 18.0 Å². The Kier molecular flexibility index (Phi) is 4.73. The minimum absolute atomic E-state index is 0.0631. The summed E-state index contributed by atoms with van der Waals surface area (Å²) in [5, 5.41) is 7.04. The van der Waals surface area contributed by atoms with E-state index in [-0.39, 0.29) is 18.0 Å². The van der Waals surface area contributed by atoms with Crippen LogP contribution in [0.2, 0.25) is 0 Å². The molecular formula is C15H24N4O3. The summed E-state index contributed by atoms with van der Waals surface area (Å²) in [6, 6.07) is 1.75. The summed E-state index contributed by atoms with van der Waals surface area (Å²) >= 11 is 0. The fourth-order valence-corrected chi connectivity index (χ4v) is 2.33. The zero-order chi connectivity index (χ0) is 16.3. The molecular weight excluding hydrogens is 284 g/mol. The van der Waals surface area contributed by atoms with E-state index in [1.54, 1.807) is 28.9 Å². The highest BCUT2D eigenvalue weighted by Gasteiger charge is 2.27. The molecule has 0 atom stereocenters. The second-order valence-corrected chi connectivity index (χ2v) is 6.59. The molecule has 122 valence electrons. The van der Waals surface area contributed by atoms with E-state index in [2.05, 4.69) is 10.4 Å². The van der Waals surface area contributed by atoms with Crippen molar-refractivity contribution in [1.29, 1.82) is 0 Å². The molecule has 22 heavy (non-hydrogen) atoms. The molecule has 1 aromatic heterocycles. The Morgan fingerprint density at radius 1 is 1.32 bits per heavy atom. The van der Waals surface area contributed by atoms with Crippen LogP contribution >= 0.6 is 0 Å². The summed E-state index contributed by atoms with van der Waals surface area (Å²) in [4.78, 5) is 25.7. The van der Waals surface area contributed by atoms with E-state index < -0.39 is 5.60 Å². The quantitative estimate of drug-likeness (QED) is 0.899. The molecule has 0 unspecified atom stereocenters. The van der Waals surface area contributed by atoms with Crippen LogP contribution in [0, 0.1) is 0 Å². The summed E-state index contributed by atoms with van der Waals surface area (Å²) in [7, 11) is 1.77. The van der Waals surface area contributed by atoms with Gasteiger partial charge in [0.1, 0.15) is 11.3 Å². The average molecular weight is 308 g/mol. The molecule has 1 aromatic rings. The molecule has 1 N–H and O–H groups in total. The molecule has 0 bridgehead atoms.